The number of halogens is 2. The van der Waals surface area contributed by atoms with Crippen molar-refractivity contribution >= 4 is 41.1 Å². The second-order valence-electron chi connectivity index (χ2n) is 6.33. The Bertz CT molecular complexity index is 1120. The maximum absolute atomic E-state index is 12.2. The number of benzene rings is 3. The van der Waals surface area contributed by atoms with Gasteiger partial charge in [0.2, 0.25) is 5.90 Å². The smallest absolute Gasteiger partial charge is 0.363 e. The minimum atomic E-state index is -0.507. The molecule has 0 aliphatic carbocycles. The molecule has 0 radical (unpaired) electrons. The number of hydrogen-bond acceptors (Lipinski definition) is 4. The van der Waals surface area contributed by atoms with Crippen molar-refractivity contribution in [3.05, 3.63) is 105 Å². The summed E-state index contributed by atoms with van der Waals surface area (Å²) in [5.74, 6) is 0.408. The summed E-state index contributed by atoms with van der Waals surface area (Å²) in [5, 5.41) is 1.23. The van der Waals surface area contributed by atoms with Crippen LogP contribution in [-0.2, 0) is 16.1 Å². The van der Waals surface area contributed by atoms with Gasteiger partial charge in [-0.05, 0) is 59.7 Å². The average molecular weight is 424 g/mol. The predicted octanol–water partition coefficient (Wildman–Crippen LogP) is 5.92. The van der Waals surface area contributed by atoms with Crippen molar-refractivity contribution in [3.8, 4) is 5.75 Å². The Morgan fingerprint density at radius 3 is 2.52 bits per heavy atom. The van der Waals surface area contributed by atoms with Gasteiger partial charge >= 0.3 is 5.97 Å². The monoisotopic (exact) mass is 423 g/mol. The summed E-state index contributed by atoms with van der Waals surface area (Å²) in [6, 6.07) is 21.9. The van der Waals surface area contributed by atoms with E-state index in [1.54, 1.807) is 30.3 Å². The Kier molecular flexibility index (Phi) is 5.65. The Morgan fingerprint density at radius 1 is 0.931 bits per heavy atom. The number of carbonyl (C=O) groups excluding carboxylic acids is 1. The van der Waals surface area contributed by atoms with Crippen LogP contribution >= 0.6 is 23.2 Å². The lowest BCUT2D eigenvalue weighted by Gasteiger charge is -2.07. The minimum Gasteiger partial charge on any atom is -0.489 e. The van der Waals surface area contributed by atoms with Crippen LogP contribution in [0.2, 0.25) is 10.0 Å². The van der Waals surface area contributed by atoms with Crippen molar-refractivity contribution in [1.82, 2.24) is 0 Å². The topological polar surface area (TPSA) is 47.9 Å². The molecule has 0 atom stereocenters. The van der Waals surface area contributed by atoms with Crippen LogP contribution in [0.4, 0.5) is 0 Å². The molecule has 4 rings (SSSR count). The second kappa shape index (κ2) is 8.52. The third kappa shape index (κ3) is 4.86. The molecule has 1 aliphatic heterocycles. The average Bonchev–Trinajstić information content (AvgIpc) is 3.08. The summed E-state index contributed by atoms with van der Waals surface area (Å²) >= 11 is 11.9. The van der Waals surface area contributed by atoms with Gasteiger partial charge in [0.05, 0.1) is 0 Å². The summed E-state index contributed by atoms with van der Waals surface area (Å²) in [7, 11) is 0. The van der Waals surface area contributed by atoms with Crippen molar-refractivity contribution < 1.29 is 14.3 Å². The molecule has 0 bridgehead atoms. The molecule has 0 saturated carbocycles. The van der Waals surface area contributed by atoms with E-state index in [2.05, 4.69) is 4.99 Å². The standard InChI is InChI=1S/C23H15Cl2NO3/c24-18-9-7-15(8-10-18)14-28-20-6-1-3-16(11-20)12-21-23(27)29-22(26-21)17-4-2-5-19(25)13-17/h1-13H,14H2. The molecule has 144 valence electrons. The maximum Gasteiger partial charge on any atom is 0.363 e. The van der Waals surface area contributed by atoms with Crippen LogP contribution in [0.5, 0.6) is 5.75 Å². The van der Waals surface area contributed by atoms with Crippen LogP contribution in [0.1, 0.15) is 16.7 Å². The highest BCUT2D eigenvalue weighted by Crippen LogP contribution is 2.23. The number of esters is 1. The van der Waals surface area contributed by atoms with E-state index in [4.69, 9.17) is 32.7 Å². The van der Waals surface area contributed by atoms with Crippen molar-refractivity contribution in [1.29, 1.82) is 0 Å². The van der Waals surface area contributed by atoms with Crippen molar-refractivity contribution in [3.63, 3.8) is 0 Å². The van der Waals surface area contributed by atoms with Gasteiger partial charge in [-0.25, -0.2) is 9.79 Å². The molecular formula is C23H15Cl2NO3. The van der Waals surface area contributed by atoms with E-state index >= 15 is 0 Å². The SMILES string of the molecule is O=C1OC(c2cccc(Cl)c2)=NC1=Cc1cccc(OCc2ccc(Cl)cc2)c1. The number of aliphatic imine (C=N–C) groups is 1. The van der Waals surface area contributed by atoms with Crippen LogP contribution in [0.25, 0.3) is 6.08 Å². The third-order valence-electron chi connectivity index (χ3n) is 4.17. The highest BCUT2D eigenvalue weighted by Gasteiger charge is 2.24. The zero-order valence-corrected chi connectivity index (χ0v) is 16.7. The Labute approximate surface area is 178 Å². The van der Waals surface area contributed by atoms with E-state index in [0.29, 0.717) is 28.0 Å². The van der Waals surface area contributed by atoms with Gasteiger partial charge < -0.3 is 9.47 Å². The largest absolute Gasteiger partial charge is 0.489 e. The minimum absolute atomic E-state index is 0.217. The molecule has 29 heavy (non-hydrogen) atoms. The van der Waals surface area contributed by atoms with Crippen LogP contribution < -0.4 is 4.74 Å². The third-order valence-corrected chi connectivity index (χ3v) is 4.66. The highest BCUT2D eigenvalue weighted by molar-refractivity contribution is 6.31. The molecule has 1 aliphatic rings. The molecule has 0 saturated heterocycles. The fourth-order valence-corrected chi connectivity index (χ4v) is 3.07. The zero-order chi connectivity index (χ0) is 20.2. The highest BCUT2D eigenvalue weighted by atomic mass is 35.5. The van der Waals surface area contributed by atoms with E-state index in [9.17, 15) is 4.79 Å². The number of carbonyl (C=O) groups is 1. The molecule has 0 unspecified atom stereocenters. The van der Waals surface area contributed by atoms with Crippen molar-refractivity contribution in [2.45, 2.75) is 6.61 Å². The summed E-state index contributed by atoms with van der Waals surface area (Å²) in [6.07, 6.45) is 1.66. The normalized spacial score (nSPS) is 14.6. The van der Waals surface area contributed by atoms with Crippen LogP contribution in [0.15, 0.2) is 83.5 Å². The maximum atomic E-state index is 12.2. The number of rotatable bonds is 5. The predicted molar refractivity (Wildman–Crippen MR) is 114 cm³/mol. The van der Waals surface area contributed by atoms with Crippen LogP contribution in [-0.4, -0.2) is 11.9 Å². The number of cyclic esters (lactones) is 1. The Hall–Kier alpha value is -3.08. The molecule has 0 amide bonds. The summed E-state index contributed by atoms with van der Waals surface area (Å²) < 4.78 is 11.1. The molecule has 4 nitrogen and oxygen atoms in total. The van der Waals surface area contributed by atoms with Gasteiger partial charge in [-0.3, -0.25) is 0 Å². The molecular weight excluding hydrogens is 409 g/mol. The molecule has 1 heterocycles. The van der Waals surface area contributed by atoms with Gasteiger partial charge in [-0.1, -0.05) is 53.5 Å². The number of hydrogen-bond donors (Lipinski definition) is 0. The quantitative estimate of drug-likeness (QED) is 0.378. The van der Waals surface area contributed by atoms with Gasteiger partial charge in [0, 0.05) is 15.6 Å². The van der Waals surface area contributed by atoms with Gasteiger partial charge in [0.15, 0.2) is 5.70 Å². The first-order valence-electron chi connectivity index (χ1n) is 8.83. The molecule has 3 aromatic carbocycles. The Balaban J connectivity index is 1.51. The first kappa shape index (κ1) is 19.2. The second-order valence-corrected chi connectivity index (χ2v) is 7.21. The lowest BCUT2D eigenvalue weighted by atomic mass is 10.2. The summed E-state index contributed by atoms with van der Waals surface area (Å²) in [5.41, 5.74) is 2.65. The van der Waals surface area contributed by atoms with E-state index in [1.807, 2.05) is 48.5 Å². The molecule has 0 aromatic heterocycles. The molecule has 3 aromatic rings. The van der Waals surface area contributed by atoms with E-state index in [-0.39, 0.29) is 11.6 Å². The van der Waals surface area contributed by atoms with E-state index in [0.717, 1.165) is 11.1 Å². The van der Waals surface area contributed by atoms with Crippen molar-refractivity contribution in [2.24, 2.45) is 4.99 Å². The molecule has 6 heteroatoms. The number of nitrogens with zero attached hydrogens (tertiary/aromatic N) is 1. The lowest BCUT2D eigenvalue weighted by Crippen LogP contribution is -2.05. The first-order chi connectivity index (χ1) is 14.1. The van der Waals surface area contributed by atoms with Crippen molar-refractivity contribution in [2.75, 3.05) is 0 Å². The number of ether oxygens (including phenoxy) is 2. The Morgan fingerprint density at radius 2 is 1.72 bits per heavy atom. The summed E-state index contributed by atoms with van der Waals surface area (Å²) in [4.78, 5) is 16.5. The van der Waals surface area contributed by atoms with Crippen LogP contribution in [0.3, 0.4) is 0 Å². The van der Waals surface area contributed by atoms with Gasteiger partial charge in [-0.15, -0.1) is 0 Å². The van der Waals surface area contributed by atoms with Gasteiger partial charge in [-0.2, -0.15) is 0 Å². The zero-order valence-electron chi connectivity index (χ0n) is 15.1. The molecule has 0 spiro atoms. The fraction of sp³-hybridized carbons (Fsp3) is 0.0435. The van der Waals surface area contributed by atoms with E-state index < -0.39 is 5.97 Å². The lowest BCUT2D eigenvalue weighted by molar-refractivity contribution is -0.129. The van der Waals surface area contributed by atoms with Gasteiger partial charge in [0.1, 0.15) is 12.4 Å². The molecule has 0 fully saturated rings. The molecule has 0 N–H and O–H groups in total. The van der Waals surface area contributed by atoms with Crippen LogP contribution in [0, 0.1) is 0 Å². The summed E-state index contributed by atoms with van der Waals surface area (Å²) in [6.45, 7) is 0.413. The fourth-order valence-electron chi connectivity index (χ4n) is 2.75. The van der Waals surface area contributed by atoms with E-state index in [1.165, 1.54) is 0 Å². The first-order valence-corrected chi connectivity index (χ1v) is 9.58. The van der Waals surface area contributed by atoms with Gasteiger partial charge in [0.25, 0.3) is 0 Å².